The molecule has 0 radical (unpaired) electrons. The number of nitrogens with one attached hydrogen (secondary N) is 1. The SMILES string of the molecule is O=C(O)C1CCCN(C(=O)NC(C2CCC2)C2CC2)C1. The van der Waals surface area contributed by atoms with Gasteiger partial charge in [-0.3, -0.25) is 4.79 Å². The molecule has 3 aliphatic rings. The van der Waals surface area contributed by atoms with Crippen molar-refractivity contribution in [2.75, 3.05) is 13.1 Å². The zero-order chi connectivity index (χ0) is 14.1. The van der Waals surface area contributed by atoms with Crippen LogP contribution in [-0.2, 0) is 4.79 Å². The van der Waals surface area contributed by atoms with Gasteiger partial charge in [-0.15, -0.1) is 0 Å². The van der Waals surface area contributed by atoms with Crippen LogP contribution in [0.2, 0.25) is 0 Å². The number of piperidine rings is 1. The van der Waals surface area contributed by atoms with Crippen molar-refractivity contribution < 1.29 is 14.7 Å². The second-order valence-electron chi connectivity index (χ2n) is 6.63. The molecule has 5 nitrogen and oxygen atoms in total. The number of amides is 2. The molecule has 3 fully saturated rings. The summed E-state index contributed by atoms with van der Waals surface area (Å²) in [7, 11) is 0. The fourth-order valence-electron chi connectivity index (χ4n) is 3.47. The van der Waals surface area contributed by atoms with E-state index in [0.29, 0.717) is 37.4 Å². The number of carbonyl (C=O) groups excluding carboxylic acids is 1. The number of carbonyl (C=O) groups is 2. The van der Waals surface area contributed by atoms with Crippen LogP contribution < -0.4 is 5.32 Å². The van der Waals surface area contributed by atoms with Gasteiger partial charge < -0.3 is 15.3 Å². The van der Waals surface area contributed by atoms with Gasteiger partial charge in [0.15, 0.2) is 0 Å². The number of hydrogen-bond acceptors (Lipinski definition) is 2. The molecule has 0 bridgehead atoms. The van der Waals surface area contributed by atoms with E-state index in [2.05, 4.69) is 5.32 Å². The Morgan fingerprint density at radius 1 is 1.05 bits per heavy atom. The Morgan fingerprint density at radius 3 is 2.30 bits per heavy atom. The van der Waals surface area contributed by atoms with Crippen LogP contribution >= 0.6 is 0 Å². The summed E-state index contributed by atoms with van der Waals surface area (Å²) >= 11 is 0. The first-order chi connectivity index (χ1) is 9.65. The van der Waals surface area contributed by atoms with Gasteiger partial charge in [-0.05, 0) is 50.4 Å². The molecule has 2 N–H and O–H groups in total. The van der Waals surface area contributed by atoms with Gasteiger partial charge in [0, 0.05) is 19.1 Å². The third-order valence-corrected chi connectivity index (χ3v) is 5.14. The molecule has 2 aliphatic carbocycles. The summed E-state index contributed by atoms with van der Waals surface area (Å²) in [4.78, 5) is 25.1. The summed E-state index contributed by atoms with van der Waals surface area (Å²) in [6.45, 7) is 1.06. The second kappa shape index (κ2) is 5.62. The molecule has 20 heavy (non-hydrogen) atoms. The molecule has 3 rings (SSSR count). The van der Waals surface area contributed by atoms with Gasteiger partial charge in [-0.25, -0.2) is 4.79 Å². The van der Waals surface area contributed by atoms with Crippen molar-refractivity contribution in [3.63, 3.8) is 0 Å². The van der Waals surface area contributed by atoms with E-state index in [-0.39, 0.29) is 6.03 Å². The summed E-state index contributed by atoms with van der Waals surface area (Å²) in [5, 5.41) is 12.3. The summed E-state index contributed by atoms with van der Waals surface area (Å²) in [6.07, 6.45) is 7.71. The highest BCUT2D eigenvalue weighted by molar-refractivity contribution is 5.77. The average molecular weight is 280 g/mol. The Bertz CT molecular complexity index is 391. The molecular weight excluding hydrogens is 256 g/mol. The van der Waals surface area contributed by atoms with Gasteiger partial charge in [-0.2, -0.15) is 0 Å². The van der Waals surface area contributed by atoms with Crippen LogP contribution in [-0.4, -0.2) is 41.1 Å². The van der Waals surface area contributed by atoms with E-state index in [0.717, 1.165) is 6.42 Å². The van der Waals surface area contributed by atoms with Crippen molar-refractivity contribution in [3.05, 3.63) is 0 Å². The highest BCUT2D eigenvalue weighted by Gasteiger charge is 2.40. The minimum Gasteiger partial charge on any atom is -0.481 e. The predicted octanol–water partition coefficient (Wildman–Crippen LogP) is 2.07. The number of rotatable bonds is 4. The monoisotopic (exact) mass is 280 g/mol. The minimum absolute atomic E-state index is 0.0419. The van der Waals surface area contributed by atoms with Crippen molar-refractivity contribution in [2.45, 2.75) is 51.0 Å². The number of hydrogen-bond donors (Lipinski definition) is 2. The molecule has 5 heteroatoms. The highest BCUT2D eigenvalue weighted by Crippen LogP contribution is 2.42. The number of carboxylic acid groups (broad SMARTS) is 1. The van der Waals surface area contributed by atoms with Crippen LogP contribution in [0, 0.1) is 17.8 Å². The summed E-state index contributed by atoms with van der Waals surface area (Å²) in [5.41, 5.74) is 0. The Balaban J connectivity index is 1.55. The molecule has 1 heterocycles. The minimum atomic E-state index is -0.778. The van der Waals surface area contributed by atoms with Crippen LogP contribution in [0.4, 0.5) is 4.79 Å². The van der Waals surface area contributed by atoms with E-state index in [1.165, 1.54) is 32.1 Å². The molecular formula is C15H24N2O3. The molecule has 0 aromatic heterocycles. The summed E-state index contributed by atoms with van der Waals surface area (Å²) in [5.74, 6) is 0.161. The maximum atomic E-state index is 12.4. The summed E-state index contributed by atoms with van der Waals surface area (Å²) < 4.78 is 0. The van der Waals surface area contributed by atoms with Gasteiger partial charge in [0.2, 0.25) is 0 Å². The van der Waals surface area contributed by atoms with Gasteiger partial charge in [0.1, 0.15) is 0 Å². The molecule has 0 aromatic carbocycles. The van der Waals surface area contributed by atoms with Crippen LogP contribution in [0.25, 0.3) is 0 Å². The van der Waals surface area contributed by atoms with Crippen molar-refractivity contribution in [2.24, 2.45) is 17.8 Å². The third-order valence-electron chi connectivity index (χ3n) is 5.14. The van der Waals surface area contributed by atoms with Crippen LogP contribution in [0.15, 0.2) is 0 Å². The fraction of sp³-hybridized carbons (Fsp3) is 0.867. The standard InChI is InChI=1S/C15H24N2O3/c18-14(19)12-5-2-8-17(9-12)15(20)16-13(11-6-7-11)10-3-1-4-10/h10-13H,1-9H2,(H,16,20)(H,18,19). The zero-order valence-corrected chi connectivity index (χ0v) is 11.9. The van der Waals surface area contributed by atoms with Crippen molar-refractivity contribution >= 4 is 12.0 Å². The number of nitrogens with zero attached hydrogens (tertiary/aromatic N) is 1. The van der Waals surface area contributed by atoms with E-state index in [9.17, 15) is 9.59 Å². The first-order valence-corrected chi connectivity index (χ1v) is 7.93. The number of carboxylic acids is 1. The molecule has 1 saturated heterocycles. The molecule has 2 unspecified atom stereocenters. The molecule has 0 spiro atoms. The lowest BCUT2D eigenvalue weighted by atomic mass is 9.78. The van der Waals surface area contributed by atoms with Gasteiger partial charge >= 0.3 is 12.0 Å². The predicted molar refractivity (Wildman–Crippen MR) is 74.3 cm³/mol. The van der Waals surface area contributed by atoms with Crippen LogP contribution in [0.3, 0.4) is 0 Å². The smallest absolute Gasteiger partial charge is 0.317 e. The van der Waals surface area contributed by atoms with E-state index < -0.39 is 11.9 Å². The maximum Gasteiger partial charge on any atom is 0.317 e. The van der Waals surface area contributed by atoms with E-state index in [4.69, 9.17) is 5.11 Å². The Morgan fingerprint density at radius 2 is 1.75 bits per heavy atom. The normalized spacial score (nSPS) is 28.6. The lowest BCUT2D eigenvalue weighted by molar-refractivity contribution is -0.143. The lowest BCUT2D eigenvalue weighted by Gasteiger charge is -2.37. The molecule has 2 saturated carbocycles. The van der Waals surface area contributed by atoms with Gasteiger partial charge in [0.25, 0.3) is 0 Å². The highest BCUT2D eigenvalue weighted by atomic mass is 16.4. The number of urea groups is 1. The largest absolute Gasteiger partial charge is 0.481 e. The number of aliphatic carboxylic acids is 1. The molecule has 0 aromatic rings. The lowest BCUT2D eigenvalue weighted by Crippen LogP contribution is -2.52. The van der Waals surface area contributed by atoms with Crippen molar-refractivity contribution in [3.8, 4) is 0 Å². The number of likely N-dealkylation sites (tertiary alicyclic amines) is 1. The summed E-state index contributed by atoms with van der Waals surface area (Å²) in [6, 6.07) is 0.293. The fourth-order valence-corrected chi connectivity index (χ4v) is 3.47. The first kappa shape index (κ1) is 13.7. The average Bonchev–Trinajstić information content (AvgIpc) is 3.20. The van der Waals surface area contributed by atoms with Crippen LogP contribution in [0.1, 0.15) is 44.9 Å². The molecule has 112 valence electrons. The van der Waals surface area contributed by atoms with Gasteiger partial charge in [0.05, 0.1) is 5.92 Å². The Labute approximate surface area is 119 Å². The van der Waals surface area contributed by atoms with E-state index in [1.54, 1.807) is 4.90 Å². The molecule has 1 aliphatic heterocycles. The topological polar surface area (TPSA) is 69.6 Å². The van der Waals surface area contributed by atoms with Crippen LogP contribution in [0.5, 0.6) is 0 Å². The second-order valence-corrected chi connectivity index (χ2v) is 6.63. The molecule has 2 atom stereocenters. The zero-order valence-electron chi connectivity index (χ0n) is 11.9. The Kier molecular flexibility index (Phi) is 3.85. The van der Waals surface area contributed by atoms with E-state index >= 15 is 0 Å². The molecule has 2 amide bonds. The third kappa shape index (κ3) is 2.91. The van der Waals surface area contributed by atoms with Crippen molar-refractivity contribution in [1.29, 1.82) is 0 Å². The maximum absolute atomic E-state index is 12.4. The Hall–Kier alpha value is -1.26. The van der Waals surface area contributed by atoms with Crippen molar-refractivity contribution in [1.82, 2.24) is 10.2 Å². The quantitative estimate of drug-likeness (QED) is 0.828. The van der Waals surface area contributed by atoms with Gasteiger partial charge in [-0.1, -0.05) is 6.42 Å². The first-order valence-electron chi connectivity index (χ1n) is 7.93. The van der Waals surface area contributed by atoms with E-state index in [1.807, 2.05) is 0 Å².